The normalized spacial score (nSPS) is 12.4. The number of nitrogens with zero attached hydrogens (tertiary/aromatic N) is 1. The summed E-state index contributed by atoms with van der Waals surface area (Å²) in [5.41, 5.74) is 4.81. The maximum Gasteiger partial charge on any atom is 0.0763 e. The molecule has 0 radical (unpaired) electrons. The van der Waals surface area contributed by atoms with Gasteiger partial charge >= 0.3 is 0 Å². The Bertz CT molecular complexity index is 591. The lowest BCUT2D eigenvalue weighted by Crippen LogP contribution is -2.23. The van der Waals surface area contributed by atoms with E-state index in [1.54, 1.807) is 0 Å². The number of hydrogen-bond acceptors (Lipinski definition) is 2. The van der Waals surface area contributed by atoms with Crippen molar-refractivity contribution in [1.29, 1.82) is 0 Å². The molecule has 106 valence electrons. The van der Waals surface area contributed by atoms with E-state index in [9.17, 15) is 0 Å². The Balaban J connectivity index is 2.49. The largest absolute Gasteiger partial charge is 0.305 e. The van der Waals surface area contributed by atoms with E-state index >= 15 is 0 Å². The van der Waals surface area contributed by atoms with Crippen molar-refractivity contribution in [3.05, 3.63) is 61.8 Å². The van der Waals surface area contributed by atoms with Gasteiger partial charge in [-0.05, 0) is 63.9 Å². The van der Waals surface area contributed by atoms with Crippen LogP contribution in [0.1, 0.15) is 35.3 Å². The Morgan fingerprint density at radius 2 is 1.75 bits per heavy atom. The first-order chi connectivity index (χ1) is 9.51. The third-order valence-electron chi connectivity index (χ3n) is 3.10. The smallest absolute Gasteiger partial charge is 0.0763 e. The monoisotopic (exact) mass is 396 g/mol. The zero-order valence-electron chi connectivity index (χ0n) is 11.9. The summed E-state index contributed by atoms with van der Waals surface area (Å²) in [5.74, 6) is 0. The molecule has 2 aromatic rings. The molecule has 2 rings (SSSR count). The van der Waals surface area contributed by atoms with Gasteiger partial charge in [-0.1, -0.05) is 36.2 Å². The third kappa shape index (κ3) is 3.68. The molecule has 1 atom stereocenters. The van der Waals surface area contributed by atoms with Gasteiger partial charge in [0.25, 0.3) is 0 Å². The molecule has 0 fully saturated rings. The SMILES string of the molecule is CCNC(c1cc(C)cc(C)c1)c1ncc(Br)cc1Br. The average Bonchev–Trinajstić information content (AvgIpc) is 2.35. The average molecular weight is 398 g/mol. The number of aromatic nitrogens is 1. The second-order valence-corrected chi connectivity index (χ2v) is 6.70. The number of pyridine rings is 1. The first kappa shape index (κ1) is 15.7. The summed E-state index contributed by atoms with van der Waals surface area (Å²) >= 11 is 7.07. The fourth-order valence-electron chi connectivity index (χ4n) is 2.39. The highest BCUT2D eigenvalue weighted by atomic mass is 79.9. The molecule has 4 heteroatoms. The minimum absolute atomic E-state index is 0.0982. The third-order valence-corrected chi connectivity index (χ3v) is 4.16. The van der Waals surface area contributed by atoms with E-state index in [1.165, 1.54) is 16.7 Å². The van der Waals surface area contributed by atoms with E-state index in [0.717, 1.165) is 21.2 Å². The first-order valence-electron chi connectivity index (χ1n) is 6.63. The molecule has 0 amide bonds. The molecule has 0 spiro atoms. The standard InChI is InChI=1S/C16H18Br2N2/c1-4-19-15(12-6-10(2)5-11(3)7-12)16-14(18)8-13(17)9-20-16/h5-9,15,19H,4H2,1-3H3. The van der Waals surface area contributed by atoms with Gasteiger partial charge in [-0.15, -0.1) is 0 Å². The maximum absolute atomic E-state index is 4.58. The van der Waals surface area contributed by atoms with Crippen molar-refractivity contribution < 1.29 is 0 Å². The van der Waals surface area contributed by atoms with Crippen LogP contribution in [0.4, 0.5) is 0 Å². The van der Waals surface area contributed by atoms with E-state index in [-0.39, 0.29) is 6.04 Å². The molecule has 1 aromatic heterocycles. The van der Waals surface area contributed by atoms with Crippen LogP contribution in [-0.2, 0) is 0 Å². The molecule has 0 aliphatic heterocycles. The van der Waals surface area contributed by atoms with Gasteiger partial charge in [0.2, 0.25) is 0 Å². The molecule has 0 bridgehead atoms. The second-order valence-electron chi connectivity index (χ2n) is 4.93. The number of benzene rings is 1. The summed E-state index contributed by atoms with van der Waals surface area (Å²) in [6, 6.07) is 8.76. The Morgan fingerprint density at radius 1 is 1.10 bits per heavy atom. The molecular weight excluding hydrogens is 380 g/mol. The zero-order valence-corrected chi connectivity index (χ0v) is 15.0. The maximum atomic E-state index is 4.58. The highest BCUT2D eigenvalue weighted by Gasteiger charge is 2.18. The van der Waals surface area contributed by atoms with Gasteiger partial charge in [0.1, 0.15) is 0 Å². The van der Waals surface area contributed by atoms with Gasteiger partial charge in [0.05, 0.1) is 11.7 Å². The fourth-order valence-corrected chi connectivity index (χ4v) is 3.61. The van der Waals surface area contributed by atoms with Gasteiger partial charge in [0.15, 0.2) is 0 Å². The number of halogens is 2. The van der Waals surface area contributed by atoms with Crippen LogP contribution in [-0.4, -0.2) is 11.5 Å². The Labute approximate surface area is 137 Å². The molecule has 1 aromatic carbocycles. The lowest BCUT2D eigenvalue weighted by Gasteiger charge is -2.20. The van der Waals surface area contributed by atoms with Gasteiger partial charge in [0, 0.05) is 15.1 Å². The van der Waals surface area contributed by atoms with Crippen molar-refractivity contribution in [1.82, 2.24) is 10.3 Å². The number of nitrogens with one attached hydrogen (secondary N) is 1. The molecule has 0 aliphatic carbocycles. The zero-order chi connectivity index (χ0) is 14.7. The van der Waals surface area contributed by atoms with Crippen LogP contribution in [0.2, 0.25) is 0 Å². The topological polar surface area (TPSA) is 24.9 Å². The van der Waals surface area contributed by atoms with Gasteiger partial charge in [-0.3, -0.25) is 4.98 Å². The Hall–Kier alpha value is -0.710. The van der Waals surface area contributed by atoms with Crippen LogP contribution in [0.15, 0.2) is 39.4 Å². The summed E-state index contributed by atoms with van der Waals surface area (Å²) in [7, 11) is 0. The van der Waals surface area contributed by atoms with Crippen molar-refractivity contribution in [3.63, 3.8) is 0 Å². The molecule has 1 N–H and O–H groups in total. The lowest BCUT2D eigenvalue weighted by atomic mass is 9.98. The minimum Gasteiger partial charge on any atom is -0.305 e. The van der Waals surface area contributed by atoms with Crippen molar-refractivity contribution in [2.45, 2.75) is 26.8 Å². The van der Waals surface area contributed by atoms with Crippen LogP contribution in [0.5, 0.6) is 0 Å². The predicted molar refractivity (Wildman–Crippen MR) is 91.1 cm³/mol. The molecule has 1 unspecified atom stereocenters. The van der Waals surface area contributed by atoms with Crippen LogP contribution in [0.3, 0.4) is 0 Å². The predicted octanol–water partition coefficient (Wildman–Crippen LogP) is 4.92. The fraction of sp³-hybridized carbons (Fsp3) is 0.312. The summed E-state index contributed by atoms with van der Waals surface area (Å²) in [4.78, 5) is 4.58. The van der Waals surface area contributed by atoms with Crippen molar-refractivity contribution in [2.75, 3.05) is 6.54 Å². The number of aryl methyl sites for hydroxylation is 2. The minimum atomic E-state index is 0.0982. The molecular formula is C16H18Br2N2. The highest BCUT2D eigenvalue weighted by molar-refractivity contribution is 9.11. The summed E-state index contributed by atoms with van der Waals surface area (Å²) in [6.45, 7) is 7.26. The highest BCUT2D eigenvalue weighted by Crippen LogP contribution is 2.29. The van der Waals surface area contributed by atoms with Crippen LogP contribution < -0.4 is 5.32 Å². The quantitative estimate of drug-likeness (QED) is 0.791. The van der Waals surface area contributed by atoms with E-state index in [2.05, 4.69) is 81.1 Å². The second kappa shape index (κ2) is 6.83. The van der Waals surface area contributed by atoms with Gasteiger partial charge in [-0.25, -0.2) is 0 Å². The molecule has 0 saturated carbocycles. The van der Waals surface area contributed by atoms with Crippen LogP contribution in [0.25, 0.3) is 0 Å². The van der Waals surface area contributed by atoms with E-state index in [0.29, 0.717) is 0 Å². The van der Waals surface area contributed by atoms with Crippen molar-refractivity contribution >= 4 is 31.9 Å². The van der Waals surface area contributed by atoms with Crippen molar-refractivity contribution in [2.24, 2.45) is 0 Å². The Morgan fingerprint density at radius 3 is 2.30 bits per heavy atom. The van der Waals surface area contributed by atoms with E-state index in [1.807, 2.05) is 12.3 Å². The summed E-state index contributed by atoms with van der Waals surface area (Å²) in [5, 5.41) is 3.52. The van der Waals surface area contributed by atoms with E-state index < -0.39 is 0 Å². The van der Waals surface area contributed by atoms with Gasteiger partial charge in [-0.2, -0.15) is 0 Å². The Kier molecular flexibility index (Phi) is 5.35. The van der Waals surface area contributed by atoms with Crippen LogP contribution in [0, 0.1) is 13.8 Å². The molecule has 2 nitrogen and oxygen atoms in total. The summed E-state index contributed by atoms with van der Waals surface area (Å²) in [6.07, 6.45) is 1.84. The van der Waals surface area contributed by atoms with Crippen molar-refractivity contribution in [3.8, 4) is 0 Å². The molecule has 0 aliphatic rings. The number of rotatable bonds is 4. The summed E-state index contributed by atoms with van der Waals surface area (Å²) < 4.78 is 1.99. The lowest BCUT2D eigenvalue weighted by molar-refractivity contribution is 0.612. The van der Waals surface area contributed by atoms with Crippen LogP contribution >= 0.6 is 31.9 Å². The molecule has 1 heterocycles. The van der Waals surface area contributed by atoms with Gasteiger partial charge < -0.3 is 5.32 Å². The van der Waals surface area contributed by atoms with E-state index in [4.69, 9.17) is 0 Å². The first-order valence-corrected chi connectivity index (χ1v) is 8.22. The number of hydrogen-bond donors (Lipinski definition) is 1. The molecule has 0 saturated heterocycles. The molecule has 20 heavy (non-hydrogen) atoms.